The van der Waals surface area contributed by atoms with Crippen LogP contribution in [0.25, 0.3) is 11.3 Å². The number of hydrazone groups is 1. The van der Waals surface area contributed by atoms with E-state index in [0.29, 0.717) is 16.8 Å². The number of non-ortho nitro benzene ring substituents is 1. The van der Waals surface area contributed by atoms with Crippen molar-refractivity contribution in [3.05, 3.63) is 79.9 Å². The third-order valence-electron chi connectivity index (χ3n) is 4.90. The number of aromatic amines is 1. The summed E-state index contributed by atoms with van der Waals surface area (Å²) in [7, 11) is 1.39. The van der Waals surface area contributed by atoms with Gasteiger partial charge in [0.15, 0.2) is 18.1 Å². The number of hydrogen-bond donors (Lipinski definition) is 2. The standard InChI is InChI=1S/C24H23N5O8/c1-4-36-23(31)21-14(2)26-24(32)27-22(21)16-7-10-18(19(11-16)35-3)37-13-20(30)28-25-12-15-5-8-17(9-6-15)29(33)34/h5-12H,4,13H2,1-3H3,(H,28,30)(H,26,27,32)/b25-12-. The molecule has 13 heteroatoms. The maximum absolute atomic E-state index is 12.5. The van der Waals surface area contributed by atoms with Crippen LogP contribution in [-0.4, -0.2) is 53.3 Å². The fraction of sp³-hybridized carbons (Fsp3) is 0.208. The van der Waals surface area contributed by atoms with Crippen LogP contribution in [0.4, 0.5) is 5.69 Å². The predicted molar refractivity (Wildman–Crippen MR) is 132 cm³/mol. The highest BCUT2D eigenvalue weighted by molar-refractivity contribution is 5.97. The average Bonchev–Trinajstić information content (AvgIpc) is 2.87. The molecule has 1 aromatic heterocycles. The molecule has 0 saturated carbocycles. The molecular weight excluding hydrogens is 486 g/mol. The van der Waals surface area contributed by atoms with Gasteiger partial charge in [0.25, 0.3) is 11.6 Å². The van der Waals surface area contributed by atoms with E-state index in [1.165, 1.54) is 49.7 Å². The Balaban J connectivity index is 1.71. The second-order valence-electron chi connectivity index (χ2n) is 7.41. The van der Waals surface area contributed by atoms with E-state index in [2.05, 4.69) is 20.5 Å². The Morgan fingerprint density at radius 1 is 1.19 bits per heavy atom. The monoisotopic (exact) mass is 509 g/mol. The zero-order chi connectivity index (χ0) is 26.9. The second kappa shape index (κ2) is 12.1. The van der Waals surface area contributed by atoms with Crippen LogP contribution in [-0.2, 0) is 9.53 Å². The Hall–Kier alpha value is -5.07. The van der Waals surface area contributed by atoms with E-state index in [-0.39, 0.29) is 35.1 Å². The number of carbonyl (C=O) groups excluding carboxylic acids is 2. The van der Waals surface area contributed by atoms with Crippen LogP contribution >= 0.6 is 0 Å². The number of H-pyrrole nitrogens is 1. The van der Waals surface area contributed by atoms with Crippen molar-refractivity contribution in [2.45, 2.75) is 13.8 Å². The van der Waals surface area contributed by atoms with E-state index in [1.807, 2.05) is 0 Å². The number of amides is 1. The number of rotatable bonds is 10. The van der Waals surface area contributed by atoms with Gasteiger partial charge in [-0.2, -0.15) is 10.1 Å². The Morgan fingerprint density at radius 3 is 2.57 bits per heavy atom. The third kappa shape index (κ3) is 6.75. The van der Waals surface area contributed by atoms with E-state index in [4.69, 9.17) is 14.2 Å². The summed E-state index contributed by atoms with van der Waals surface area (Å²) in [6.07, 6.45) is 1.33. The number of aryl methyl sites for hydroxylation is 1. The zero-order valence-electron chi connectivity index (χ0n) is 20.1. The molecule has 0 spiro atoms. The summed E-state index contributed by atoms with van der Waals surface area (Å²) in [5.74, 6) is -0.751. The summed E-state index contributed by atoms with van der Waals surface area (Å²) in [6.45, 7) is 2.98. The Morgan fingerprint density at radius 2 is 1.92 bits per heavy atom. The summed E-state index contributed by atoms with van der Waals surface area (Å²) < 4.78 is 16.0. The second-order valence-corrected chi connectivity index (χ2v) is 7.41. The van der Waals surface area contributed by atoms with E-state index >= 15 is 0 Å². The van der Waals surface area contributed by atoms with Gasteiger partial charge >= 0.3 is 11.7 Å². The summed E-state index contributed by atoms with van der Waals surface area (Å²) in [4.78, 5) is 53.2. The van der Waals surface area contributed by atoms with Crippen molar-refractivity contribution in [3.63, 3.8) is 0 Å². The maximum Gasteiger partial charge on any atom is 0.345 e. The molecule has 192 valence electrons. The van der Waals surface area contributed by atoms with Crippen molar-refractivity contribution in [3.8, 4) is 22.8 Å². The van der Waals surface area contributed by atoms with Gasteiger partial charge in [0, 0.05) is 23.4 Å². The van der Waals surface area contributed by atoms with Crippen molar-refractivity contribution in [1.82, 2.24) is 15.4 Å². The molecule has 0 bridgehead atoms. The number of carbonyl (C=O) groups is 2. The quantitative estimate of drug-likeness (QED) is 0.180. The molecule has 13 nitrogen and oxygen atoms in total. The van der Waals surface area contributed by atoms with Gasteiger partial charge in [-0.25, -0.2) is 15.0 Å². The Labute approximate surface area is 210 Å². The molecule has 37 heavy (non-hydrogen) atoms. The number of nitro groups is 1. The van der Waals surface area contributed by atoms with Crippen LogP contribution < -0.4 is 20.6 Å². The highest BCUT2D eigenvalue weighted by Gasteiger charge is 2.21. The van der Waals surface area contributed by atoms with Crippen LogP contribution in [0.2, 0.25) is 0 Å². The SMILES string of the molecule is CCOC(=O)c1c(-c2ccc(OCC(=O)N/N=C\c3ccc([N+](=O)[O-])cc3)c(OC)c2)nc(=O)[nH]c1C. The molecule has 3 rings (SSSR count). The number of nitrogens with one attached hydrogen (secondary N) is 2. The van der Waals surface area contributed by atoms with Crippen LogP contribution in [0.1, 0.15) is 28.5 Å². The molecule has 0 unspecified atom stereocenters. The van der Waals surface area contributed by atoms with Gasteiger partial charge < -0.3 is 19.2 Å². The van der Waals surface area contributed by atoms with Gasteiger partial charge in [0.1, 0.15) is 5.56 Å². The maximum atomic E-state index is 12.5. The summed E-state index contributed by atoms with van der Waals surface area (Å²) in [5, 5.41) is 14.5. The lowest BCUT2D eigenvalue weighted by atomic mass is 10.0. The van der Waals surface area contributed by atoms with Crippen LogP contribution in [0.3, 0.4) is 0 Å². The van der Waals surface area contributed by atoms with Gasteiger partial charge in [0.2, 0.25) is 0 Å². The Kier molecular flexibility index (Phi) is 8.65. The lowest BCUT2D eigenvalue weighted by Crippen LogP contribution is -2.24. The van der Waals surface area contributed by atoms with Crippen molar-refractivity contribution < 1.29 is 28.7 Å². The first-order valence-electron chi connectivity index (χ1n) is 10.9. The normalized spacial score (nSPS) is 10.7. The number of hydrogen-bond acceptors (Lipinski definition) is 10. The summed E-state index contributed by atoms with van der Waals surface area (Å²) in [6, 6.07) is 10.2. The smallest absolute Gasteiger partial charge is 0.345 e. The van der Waals surface area contributed by atoms with Crippen LogP contribution in [0.15, 0.2) is 52.4 Å². The lowest BCUT2D eigenvalue weighted by Gasteiger charge is -2.14. The molecule has 2 aromatic carbocycles. The number of nitro benzene ring substituents is 1. The van der Waals surface area contributed by atoms with Crippen molar-refractivity contribution in [2.24, 2.45) is 5.10 Å². The van der Waals surface area contributed by atoms with E-state index in [0.717, 1.165) is 0 Å². The predicted octanol–water partition coefficient (Wildman–Crippen LogP) is 2.37. The van der Waals surface area contributed by atoms with Gasteiger partial charge in [-0.15, -0.1) is 0 Å². The number of methoxy groups -OCH3 is 1. The van der Waals surface area contributed by atoms with Gasteiger partial charge in [-0.3, -0.25) is 14.9 Å². The lowest BCUT2D eigenvalue weighted by molar-refractivity contribution is -0.384. The topological polar surface area (TPSA) is 175 Å². The van der Waals surface area contributed by atoms with Crippen molar-refractivity contribution in [1.29, 1.82) is 0 Å². The fourth-order valence-electron chi connectivity index (χ4n) is 3.22. The minimum absolute atomic E-state index is 0.0587. The van der Waals surface area contributed by atoms with Gasteiger partial charge in [-0.1, -0.05) is 0 Å². The van der Waals surface area contributed by atoms with E-state index < -0.39 is 29.1 Å². The van der Waals surface area contributed by atoms with Crippen molar-refractivity contribution in [2.75, 3.05) is 20.3 Å². The van der Waals surface area contributed by atoms with Gasteiger partial charge in [-0.05, 0) is 49.7 Å². The molecule has 0 saturated heterocycles. The number of nitrogens with zero attached hydrogens (tertiary/aromatic N) is 3. The highest BCUT2D eigenvalue weighted by atomic mass is 16.6. The number of benzene rings is 2. The largest absolute Gasteiger partial charge is 0.493 e. The molecule has 0 aliphatic rings. The molecule has 0 aliphatic heterocycles. The first-order chi connectivity index (χ1) is 17.7. The zero-order valence-corrected chi connectivity index (χ0v) is 20.1. The first-order valence-corrected chi connectivity index (χ1v) is 10.9. The molecule has 0 aliphatic carbocycles. The number of ether oxygens (including phenoxy) is 3. The van der Waals surface area contributed by atoms with E-state index in [9.17, 15) is 24.5 Å². The average molecular weight is 509 g/mol. The molecule has 0 radical (unpaired) electrons. The van der Waals surface area contributed by atoms with Gasteiger partial charge in [0.05, 0.1) is 30.5 Å². The molecule has 3 aromatic rings. The molecule has 0 atom stereocenters. The molecule has 0 fully saturated rings. The Bertz CT molecular complexity index is 1400. The molecular formula is C24H23N5O8. The number of esters is 1. The molecule has 2 N–H and O–H groups in total. The number of aromatic nitrogens is 2. The highest BCUT2D eigenvalue weighted by Crippen LogP contribution is 2.33. The van der Waals surface area contributed by atoms with E-state index in [1.54, 1.807) is 19.9 Å². The minimum atomic E-state index is -0.635. The summed E-state index contributed by atoms with van der Waals surface area (Å²) >= 11 is 0. The first kappa shape index (κ1) is 26.5. The van der Waals surface area contributed by atoms with Crippen LogP contribution in [0.5, 0.6) is 11.5 Å². The summed E-state index contributed by atoms with van der Waals surface area (Å²) in [5.41, 5.74) is 3.08. The van der Waals surface area contributed by atoms with Crippen LogP contribution in [0, 0.1) is 17.0 Å². The third-order valence-corrected chi connectivity index (χ3v) is 4.90. The van der Waals surface area contributed by atoms with Crippen molar-refractivity contribution >= 4 is 23.8 Å². The fourth-order valence-corrected chi connectivity index (χ4v) is 3.22. The molecule has 1 amide bonds. The molecule has 1 heterocycles. The minimum Gasteiger partial charge on any atom is -0.493 e.